The van der Waals surface area contributed by atoms with Gasteiger partial charge in [0.2, 0.25) is 11.7 Å². The molecule has 20 heavy (non-hydrogen) atoms. The minimum Gasteiger partial charge on any atom is -0.497 e. The van der Waals surface area contributed by atoms with Crippen molar-refractivity contribution in [2.24, 2.45) is 0 Å². The fraction of sp³-hybridized carbons (Fsp3) is 0.200. The summed E-state index contributed by atoms with van der Waals surface area (Å²) < 4.78 is 15.5. The molecule has 0 saturated heterocycles. The Bertz CT molecular complexity index is 625. The van der Waals surface area contributed by atoms with Gasteiger partial charge in [-0.3, -0.25) is 4.79 Å². The van der Waals surface area contributed by atoms with Gasteiger partial charge in [0.15, 0.2) is 0 Å². The summed E-state index contributed by atoms with van der Waals surface area (Å²) in [6.07, 6.45) is 1.57. The van der Waals surface area contributed by atoms with Crippen LogP contribution in [0.4, 0.5) is 0 Å². The maximum atomic E-state index is 12.6. The lowest BCUT2D eigenvalue weighted by Crippen LogP contribution is -2.07. The summed E-state index contributed by atoms with van der Waals surface area (Å²) in [5.74, 6) is 1.14. The van der Waals surface area contributed by atoms with Gasteiger partial charge in [-0.15, -0.1) is 0 Å². The van der Waals surface area contributed by atoms with E-state index in [1.54, 1.807) is 43.6 Å². The molecule has 104 valence electrons. The largest absolute Gasteiger partial charge is 0.497 e. The summed E-state index contributed by atoms with van der Waals surface area (Å²) >= 11 is 0. The number of aromatic nitrogens is 1. The van der Waals surface area contributed by atoms with E-state index in [0.717, 1.165) is 0 Å². The third-order valence-corrected chi connectivity index (χ3v) is 2.86. The second-order valence-corrected chi connectivity index (χ2v) is 3.96. The summed E-state index contributed by atoms with van der Waals surface area (Å²) in [5, 5.41) is 0. The summed E-state index contributed by atoms with van der Waals surface area (Å²) in [6.45, 7) is 0. The van der Waals surface area contributed by atoms with Crippen LogP contribution in [0.15, 0.2) is 36.5 Å². The first-order valence-corrected chi connectivity index (χ1v) is 5.97. The topological polar surface area (TPSA) is 57.7 Å². The molecule has 0 spiro atoms. The highest BCUT2D eigenvalue weighted by Crippen LogP contribution is 2.28. The molecule has 2 rings (SSSR count). The Morgan fingerprint density at radius 2 is 1.80 bits per heavy atom. The van der Waals surface area contributed by atoms with Crippen LogP contribution in [0, 0.1) is 0 Å². The Balaban J connectivity index is 2.48. The van der Waals surface area contributed by atoms with E-state index >= 15 is 0 Å². The lowest BCUT2D eigenvalue weighted by molar-refractivity contribution is 0.103. The van der Waals surface area contributed by atoms with Gasteiger partial charge in [0.05, 0.1) is 32.5 Å². The van der Waals surface area contributed by atoms with Crippen molar-refractivity contribution in [3.63, 3.8) is 0 Å². The summed E-state index contributed by atoms with van der Waals surface area (Å²) in [4.78, 5) is 16.6. The van der Waals surface area contributed by atoms with E-state index in [-0.39, 0.29) is 11.7 Å². The second kappa shape index (κ2) is 6.06. The van der Waals surface area contributed by atoms with Crippen LogP contribution < -0.4 is 14.2 Å². The minimum absolute atomic E-state index is 0.213. The number of methoxy groups -OCH3 is 3. The third kappa shape index (κ3) is 2.56. The lowest BCUT2D eigenvalue weighted by atomic mass is 10.0. The Hall–Kier alpha value is -2.56. The second-order valence-electron chi connectivity index (χ2n) is 3.96. The zero-order valence-electron chi connectivity index (χ0n) is 11.5. The minimum atomic E-state index is -0.213. The number of carbonyl (C=O) groups excluding carboxylic acids is 1. The zero-order valence-corrected chi connectivity index (χ0v) is 11.5. The van der Waals surface area contributed by atoms with Gasteiger partial charge >= 0.3 is 0 Å². The number of carbonyl (C=O) groups is 1. The van der Waals surface area contributed by atoms with Crippen molar-refractivity contribution in [1.29, 1.82) is 0 Å². The van der Waals surface area contributed by atoms with Crippen LogP contribution in [-0.2, 0) is 0 Å². The van der Waals surface area contributed by atoms with E-state index in [4.69, 9.17) is 14.2 Å². The Kier molecular flexibility index (Phi) is 4.20. The first-order chi connectivity index (χ1) is 9.71. The summed E-state index contributed by atoms with van der Waals surface area (Å²) in [7, 11) is 4.54. The Labute approximate surface area is 117 Å². The predicted molar refractivity (Wildman–Crippen MR) is 73.8 cm³/mol. The number of hydrogen-bond acceptors (Lipinski definition) is 5. The molecule has 0 atom stereocenters. The molecule has 1 aromatic heterocycles. The van der Waals surface area contributed by atoms with Gasteiger partial charge in [0.1, 0.15) is 11.5 Å². The van der Waals surface area contributed by atoms with Crippen molar-refractivity contribution >= 4 is 5.78 Å². The maximum Gasteiger partial charge on any atom is 0.224 e. The van der Waals surface area contributed by atoms with Gasteiger partial charge in [0, 0.05) is 12.3 Å². The molecule has 0 unspecified atom stereocenters. The van der Waals surface area contributed by atoms with Crippen LogP contribution in [-0.4, -0.2) is 32.1 Å². The quantitative estimate of drug-likeness (QED) is 0.783. The highest BCUT2D eigenvalue weighted by atomic mass is 16.5. The fourth-order valence-corrected chi connectivity index (χ4v) is 1.86. The molecule has 0 saturated carbocycles. The van der Waals surface area contributed by atoms with Crippen molar-refractivity contribution in [2.45, 2.75) is 0 Å². The molecule has 5 heteroatoms. The molecule has 0 aliphatic rings. The van der Waals surface area contributed by atoms with Gasteiger partial charge in [-0.05, 0) is 24.3 Å². The van der Waals surface area contributed by atoms with Crippen molar-refractivity contribution in [2.75, 3.05) is 21.3 Å². The van der Waals surface area contributed by atoms with Crippen LogP contribution in [0.3, 0.4) is 0 Å². The normalized spacial score (nSPS) is 9.95. The monoisotopic (exact) mass is 273 g/mol. The molecule has 1 aromatic carbocycles. The van der Waals surface area contributed by atoms with Gasteiger partial charge in [-0.25, -0.2) is 4.98 Å². The van der Waals surface area contributed by atoms with Crippen molar-refractivity contribution in [1.82, 2.24) is 4.98 Å². The van der Waals surface area contributed by atoms with Crippen LogP contribution in [0.5, 0.6) is 17.4 Å². The van der Waals surface area contributed by atoms with Crippen molar-refractivity contribution in [3.05, 3.63) is 47.7 Å². The highest BCUT2D eigenvalue weighted by molar-refractivity contribution is 6.12. The number of nitrogens with zero attached hydrogens (tertiary/aromatic N) is 1. The first-order valence-electron chi connectivity index (χ1n) is 5.97. The van der Waals surface area contributed by atoms with Crippen molar-refractivity contribution in [3.8, 4) is 17.4 Å². The number of ketones is 1. The molecule has 0 aliphatic carbocycles. The molecule has 2 aromatic rings. The fourth-order valence-electron chi connectivity index (χ4n) is 1.86. The Morgan fingerprint density at radius 1 is 1.00 bits per heavy atom. The van der Waals surface area contributed by atoms with E-state index in [9.17, 15) is 4.79 Å². The molecule has 5 nitrogen and oxygen atoms in total. The number of rotatable bonds is 5. The molecule has 1 heterocycles. The number of pyridine rings is 1. The average Bonchev–Trinajstić information content (AvgIpc) is 2.53. The molecule has 0 amide bonds. The van der Waals surface area contributed by atoms with Gasteiger partial charge in [-0.2, -0.15) is 0 Å². The molecule has 0 aliphatic heterocycles. The first kappa shape index (κ1) is 13.9. The maximum absolute atomic E-state index is 12.6. The van der Waals surface area contributed by atoms with Gasteiger partial charge in [-0.1, -0.05) is 0 Å². The number of ether oxygens (including phenoxy) is 3. The van der Waals surface area contributed by atoms with E-state index in [1.165, 1.54) is 14.2 Å². The van der Waals surface area contributed by atoms with E-state index in [1.807, 2.05) is 0 Å². The van der Waals surface area contributed by atoms with E-state index < -0.39 is 0 Å². The standard InChI is InChI=1S/C15H15NO4/c1-18-10-6-7-11(13(9-10)19-2)14(17)12-5-4-8-16-15(12)20-3/h4-9H,1-3H3. The van der Waals surface area contributed by atoms with Gasteiger partial charge in [0.25, 0.3) is 0 Å². The Morgan fingerprint density at radius 3 is 2.45 bits per heavy atom. The van der Waals surface area contributed by atoms with Crippen LogP contribution >= 0.6 is 0 Å². The predicted octanol–water partition coefficient (Wildman–Crippen LogP) is 2.34. The SMILES string of the molecule is COc1ccc(C(=O)c2cccnc2OC)c(OC)c1. The van der Waals surface area contributed by atoms with E-state index in [0.29, 0.717) is 22.6 Å². The third-order valence-electron chi connectivity index (χ3n) is 2.86. The van der Waals surface area contributed by atoms with Crippen LogP contribution in [0.25, 0.3) is 0 Å². The average molecular weight is 273 g/mol. The molecular weight excluding hydrogens is 258 g/mol. The lowest BCUT2D eigenvalue weighted by Gasteiger charge is -2.11. The number of benzene rings is 1. The van der Waals surface area contributed by atoms with Crippen LogP contribution in [0.1, 0.15) is 15.9 Å². The van der Waals surface area contributed by atoms with E-state index in [2.05, 4.69) is 4.98 Å². The summed E-state index contributed by atoms with van der Waals surface area (Å²) in [5.41, 5.74) is 0.818. The van der Waals surface area contributed by atoms with Crippen LogP contribution in [0.2, 0.25) is 0 Å². The van der Waals surface area contributed by atoms with Gasteiger partial charge < -0.3 is 14.2 Å². The molecule has 0 radical (unpaired) electrons. The highest BCUT2D eigenvalue weighted by Gasteiger charge is 2.19. The zero-order chi connectivity index (χ0) is 14.5. The molecule has 0 bridgehead atoms. The molecule has 0 fully saturated rings. The molecular formula is C15H15NO4. The van der Waals surface area contributed by atoms with Crippen molar-refractivity contribution < 1.29 is 19.0 Å². The summed E-state index contributed by atoms with van der Waals surface area (Å²) in [6, 6.07) is 8.38. The number of hydrogen-bond donors (Lipinski definition) is 0. The smallest absolute Gasteiger partial charge is 0.224 e. The molecule has 0 N–H and O–H groups in total.